The fourth-order valence-electron chi connectivity index (χ4n) is 4.18. The Balaban J connectivity index is 0.00000161. The van der Waals surface area contributed by atoms with Crippen LogP contribution in [0, 0.1) is 11.3 Å². The maximum atomic E-state index is 12.8. The molecular formula is C15H26ClN3O2. The molecule has 0 radical (unpaired) electrons. The van der Waals surface area contributed by atoms with Crippen molar-refractivity contribution in [3.63, 3.8) is 0 Å². The van der Waals surface area contributed by atoms with Gasteiger partial charge in [0.25, 0.3) is 0 Å². The van der Waals surface area contributed by atoms with E-state index in [2.05, 4.69) is 10.6 Å². The summed E-state index contributed by atoms with van der Waals surface area (Å²) in [4.78, 5) is 26.0. The number of fused-ring (bicyclic) bond motifs is 1. The van der Waals surface area contributed by atoms with E-state index in [4.69, 9.17) is 0 Å². The lowest BCUT2D eigenvalue weighted by Crippen LogP contribution is -2.51. The third-order valence-corrected chi connectivity index (χ3v) is 5.46. The summed E-state index contributed by atoms with van der Waals surface area (Å²) in [6.45, 7) is 4.86. The van der Waals surface area contributed by atoms with Crippen molar-refractivity contribution in [2.45, 2.75) is 45.1 Å². The highest BCUT2D eigenvalue weighted by molar-refractivity contribution is 5.85. The zero-order valence-electron chi connectivity index (χ0n) is 12.7. The third kappa shape index (κ3) is 3.04. The normalized spacial score (nSPS) is 35.0. The van der Waals surface area contributed by atoms with E-state index >= 15 is 0 Å². The van der Waals surface area contributed by atoms with Crippen LogP contribution in [0.1, 0.15) is 39.0 Å². The van der Waals surface area contributed by atoms with Gasteiger partial charge in [-0.15, -0.1) is 12.4 Å². The summed E-state index contributed by atoms with van der Waals surface area (Å²) >= 11 is 0. The highest BCUT2D eigenvalue weighted by atomic mass is 35.5. The summed E-state index contributed by atoms with van der Waals surface area (Å²) in [6, 6.07) is 0.143. The van der Waals surface area contributed by atoms with Gasteiger partial charge in [0, 0.05) is 32.6 Å². The van der Waals surface area contributed by atoms with Crippen molar-refractivity contribution < 1.29 is 9.59 Å². The average Bonchev–Trinajstić information content (AvgIpc) is 3.04. The molecule has 2 amide bonds. The molecule has 0 bridgehead atoms. The van der Waals surface area contributed by atoms with Crippen LogP contribution in [0.15, 0.2) is 0 Å². The number of carbonyl (C=O) groups excluding carboxylic acids is 2. The van der Waals surface area contributed by atoms with Gasteiger partial charge in [0.15, 0.2) is 0 Å². The maximum absolute atomic E-state index is 12.8. The molecule has 0 aromatic carbocycles. The standard InChI is InChI=1S/C15H25N3O2.ClH/c1-11(19)18-7-5-13(9-18)17-14(20)15-6-3-2-4-12(15)8-16-10-15;/h12-13,16H,2-10H2,1H3,(H,17,20);1H/t12-,13?,15+;/m0./s1. The van der Waals surface area contributed by atoms with Gasteiger partial charge in [-0.05, 0) is 31.7 Å². The van der Waals surface area contributed by atoms with Crippen LogP contribution in [0.25, 0.3) is 0 Å². The molecule has 2 aliphatic heterocycles. The predicted octanol–water partition coefficient (Wildman–Crippen LogP) is 0.925. The molecule has 3 aliphatic rings. The number of hydrogen-bond acceptors (Lipinski definition) is 3. The van der Waals surface area contributed by atoms with Gasteiger partial charge in [0.05, 0.1) is 5.41 Å². The van der Waals surface area contributed by atoms with E-state index in [9.17, 15) is 9.59 Å². The van der Waals surface area contributed by atoms with Gasteiger partial charge in [-0.2, -0.15) is 0 Å². The molecule has 0 aromatic rings. The zero-order valence-corrected chi connectivity index (χ0v) is 13.5. The zero-order chi connectivity index (χ0) is 14.2. The van der Waals surface area contributed by atoms with Crippen molar-refractivity contribution in [3.8, 4) is 0 Å². The molecule has 1 aliphatic carbocycles. The van der Waals surface area contributed by atoms with Crippen molar-refractivity contribution in [1.29, 1.82) is 0 Å². The summed E-state index contributed by atoms with van der Waals surface area (Å²) in [5.74, 6) is 0.835. The third-order valence-electron chi connectivity index (χ3n) is 5.46. The summed E-state index contributed by atoms with van der Waals surface area (Å²) in [5, 5.41) is 6.64. The Morgan fingerprint density at radius 3 is 2.81 bits per heavy atom. The smallest absolute Gasteiger partial charge is 0.228 e. The molecule has 3 rings (SSSR count). The Morgan fingerprint density at radius 2 is 2.10 bits per heavy atom. The van der Waals surface area contributed by atoms with E-state index < -0.39 is 0 Å². The van der Waals surface area contributed by atoms with Crippen LogP contribution in [0.3, 0.4) is 0 Å². The predicted molar refractivity (Wildman–Crippen MR) is 83.3 cm³/mol. The van der Waals surface area contributed by atoms with Crippen LogP contribution in [0.5, 0.6) is 0 Å². The van der Waals surface area contributed by atoms with E-state index in [-0.39, 0.29) is 35.7 Å². The molecule has 1 saturated carbocycles. The Bertz CT molecular complexity index is 418. The molecule has 6 heteroatoms. The molecule has 2 saturated heterocycles. The molecule has 2 N–H and O–H groups in total. The summed E-state index contributed by atoms with van der Waals surface area (Å²) in [5.41, 5.74) is -0.179. The first-order chi connectivity index (χ1) is 9.62. The molecule has 21 heavy (non-hydrogen) atoms. The van der Waals surface area contributed by atoms with Crippen LogP contribution in [-0.4, -0.2) is 48.9 Å². The second-order valence-corrected chi connectivity index (χ2v) is 6.65. The highest BCUT2D eigenvalue weighted by Crippen LogP contribution is 2.44. The Kier molecular flexibility index (Phi) is 5.15. The van der Waals surface area contributed by atoms with Crippen LogP contribution in [0.2, 0.25) is 0 Å². The van der Waals surface area contributed by atoms with Crippen molar-refractivity contribution >= 4 is 24.2 Å². The summed E-state index contributed by atoms with van der Waals surface area (Å²) < 4.78 is 0. The first kappa shape index (κ1) is 16.6. The van der Waals surface area contributed by atoms with Crippen LogP contribution >= 0.6 is 12.4 Å². The van der Waals surface area contributed by atoms with E-state index in [0.717, 1.165) is 38.9 Å². The van der Waals surface area contributed by atoms with Gasteiger partial charge in [-0.3, -0.25) is 9.59 Å². The maximum Gasteiger partial charge on any atom is 0.228 e. The number of hydrogen-bond donors (Lipinski definition) is 2. The second-order valence-electron chi connectivity index (χ2n) is 6.65. The van der Waals surface area contributed by atoms with Crippen molar-refractivity contribution in [1.82, 2.24) is 15.5 Å². The van der Waals surface area contributed by atoms with Gasteiger partial charge in [0.1, 0.15) is 0 Å². The largest absolute Gasteiger partial charge is 0.351 e. The lowest BCUT2D eigenvalue weighted by Gasteiger charge is -2.37. The number of nitrogens with one attached hydrogen (secondary N) is 2. The number of nitrogens with zero attached hydrogens (tertiary/aromatic N) is 1. The van der Waals surface area contributed by atoms with Crippen LogP contribution < -0.4 is 10.6 Å². The van der Waals surface area contributed by atoms with E-state index in [0.29, 0.717) is 12.5 Å². The molecular weight excluding hydrogens is 290 g/mol. The first-order valence-corrected chi connectivity index (χ1v) is 7.89. The second kappa shape index (κ2) is 6.53. The summed E-state index contributed by atoms with van der Waals surface area (Å²) in [6.07, 6.45) is 5.49. The fraction of sp³-hybridized carbons (Fsp3) is 0.867. The molecule has 3 fully saturated rings. The Hall–Kier alpha value is -0.810. The van der Waals surface area contributed by atoms with Gasteiger partial charge < -0.3 is 15.5 Å². The Morgan fingerprint density at radius 1 is 1.29 bits per heavy atom. The monoisotopic (exact) mass is 315 g/mol. The van der Waals surface area contributed by atoms with Crippen LogP contribution in [0.4, 0.5) is 0 Å². The van der Waals surface area contributed by atoms with Crippen LogP contribution in [-0.2, 0) is 9.59 Å². The van der Waals surface area contributed by atoms with Gasteiger partial charge in [-0.25, -0.2) is 0 Å². The Labute approximate surface area is 132 Å². The van der Waals surface area contributed by atoms with E-state index in [1.807, 2.05) is 4.90 Å². The van der Waals surface area contributed by atoms with Gasteiger partial charge >= 0.3 is 0 Å². The molecule has 1 unspecified atom stereocenters. The topological polar surface area (TPSA) is 61.4 Å². The SMILES string of the molecule is CC(=O)N1CCC(NC(=O)[C@@]23CCCC[C@H]2CNC3)C1.Cl. The lowest BCUT2D eigenvalue weighted by molar-refractivity contribution is -0.135. The minimum atomic E-state index is -0.179. The molecule has 2 heterocycles. The number of likely N-dealkylation sites (tertiary alicyclic amines) is 1. The van der Waals surface area contributed by atoms with Crippen molar-refractivity contribution in [2.75, 3.05) is 26.2 Å². The molecule has 5 nitrogen and oxygen atoms in total. The van der Waals surface area contributed by atoms with Gasteiger partial charge in [0.2, 0.25) is 11.8 Å². The van der Waals surface area contributed by atoms with E-state index in [1.54, 1.807) is 6.92 Å². The van der Waals surface area contributed by atoms with E-state index in [1.165, 1.54) is 12.8 Å². The quantitative estimate of drug-likeness (QED) is 0.797. The molecule has 3 atom stereocenters. The highest BCUT2D eigenvalue weighted by Gasteiger charge is 2.50. The molecule has 0 aromatic heterocycles. The number of carbonyl (C=O) groups is 2. The summed E-state index contributed by atoms with van der Waals surface area (Å²) in [7, 11) is 0. The molecule has 0 spiro atoms. The number of amides is 2. The average molecular weight is 316 g/mol. The van der Waals surface area contributed by atoms with Crippen molar-refractivity contribution in [2.24, 2.45) is 11.3 Å². The minimum Gasteiger partial charge on any atom is -0.351 e. The van der Waals surface area contributed by atoms with Crippen molar-refractivity contribution in [3.05, 3.63) is 0 Å². The number of rotatable bonds is 2. The lowest BCUT2D eigenvalue weighted by atomic mass is 9.67. The van der Waals surface area contributed by atoms with Gasteiger partial charge in [-0.1, -0.05) is 12.8 Å². The fourth-order valence-corrected chi connectivity index (χ4v) is 4.18. The molecule has 120 valence electrons. The number of halogens is 1. The minimum absolute atomic E-state index is 0. The first-order valence-electron chi connectivity index (χ1n) is 7.89.